The molecule has 3 rings (SSSR count). The third-order valence-electron chi connectivity index (χ3n) is 3.66. The zero-order valence-corrected chi connectivity index (χ0v) is 13.8. The molecule has 1 aromatic carbocycles. The van der Waals surface area contributed by atoms with Crippen molar-refractivity contribution in [2.24, 2.45) is 0 Å². The lowest BCUT2D eigenvalue weighted by Gasteiger charge is -2.11. The predicted octanol–water partition coefficient (Wildman–Crippen LogP) is 5.87. The van der Waals surface area contributed by atoms with Crippen molar-refractivity contribution in [3.63, 3.8) is 0 Å². The smallest absolute Gasteiger partial charge is 0.162 e. The first-order chi connectivity index (χ1) is 9.63. The van der Waals surface area contributed by atoms with Gasteiger partial charge in [-0.15, -0.1) is 0 Å². The first-order valence-corrected chi connectivity index (χ1v) is 8.18. The van der Waals surface area contributed by atoms with Crippen LogP contribution < -0.4 is 0 Å². The molecule has 2 aromatic rings. The Bertz CT molecular complexity index is 640. The second-order valence-electron chi connectivity index (χ2n) is 5.04. The molecule has 1 aliphatic carbocycles. The van der Waals surface area contributed by atoms with Crippen molar-refractivity contribution < 1.29 is 0 Å². The van der Waals surface area contributed by atoms with Crippen molar-refractivity contribution in [1.29, 1.82) is 0 Å². The molecule has 0 bridgehead atoms. The van der Waals surface area contributed by atoms with Gasteiger partial charge in [0.05, 0.1) is 5.02 Å². The van der Waals surface area contributed by atoms with Crippen LogP contribution in [0.4, 0.5) is 0 Å². The van der Waals surface area contributed by atoms with Crippen LogP contribution in [0.1, 0.15) is 37.3 Å². The van der Waals surface area contributed by atoms with Crippen LogP contribution in [-0.4, -0.2) is 9.97 Å². The molecule has 20 heavy (non-hydrogen) atoms. The molecular formula is C15H13BrCl2N2. The van der Waals surface area contributed by atoms with Gasteiger partial charge >= 0.3 is 0 Å². The fourth-order valence-electron chi connectivity index (χ4n) is 2.66. The molecule has 0 spiro atoms. The van der Waals surface area contributed by atoms with Crippen LogP contribution in [0.5, 0.6) is 0 Å². The maximum absolute atomic E-state index is 6.25. The monoisotopic (exact) mass is 370 g/mol. The number of rotatable bonds is 2. The van der Waals surface area contributed by atoms with Crippen molar-refractivity contribution in [3.8, 4) is 11.4 Å². The molecule has 1 saturated carbocycles. The summed E-state index contributed by atoms with van der Waals surface area (Å²) in [5.41, 5.74) is 1.84. The maximum atomic E-state index is 6.25. The Balaban J connectivity index is 2.06. The molecule has 0 unspecified atom stereocenters. The van der Waals surface area contributed by atoms with E-state index in [4.69, 9.17) is 23.2 Å². The average Bonchev–Trinajstić information content (AvgIpc) is 2.95. The number of hydrogen-bond donors (Lipinski definition) is 0. The molecular weight excluding hydrogens is 359 g/mol. The van der Waals surface area contributed by atoms with E-state index in [1.165, 1.54) is 25.7 Å². The summed E-state index contributed by atoms with van der Waals surface area (Å²) in [7, 11) is 0. The fraction of sp³-hybridized carbons (Fsp3) is 0.333. The van der Waals surface area contributed by atoms with Gasteiger partial charge in [-0.05, 0) is 37.1 Å². The third kappa shape index (κ3) is 3.00. The lowest BCUT2D eigenvalue weighted by molar-refractivity contribution is 0.695. The highest BCUT2D eigenvalue weighted by atomic mass is 79.9. The number of halogens is 3. The van der Waals surface area contributed by atoms with Gasteiger partial charge in [0, 0.05) is 21.6 Å². The summed E-state index contributed by atoms with van der Waals surface area (Å²) >= 11 is 15.9. The maximum Gasteiger partial charge on any atom is 0.162 e. The van der Waals surface area contributed by atoms with Gasteiger partial charge in [0.25, 0.3) is 0 Å². The standard InChI is InChI=1S/C15H13BrCl2N2/c16-10-5-6-12(17)11(7-10)15-19-13(8-14(18)20-15)9-3-1-2-4-9/h5-9H,1-4H2. The minimum atomic E-state index is 0.480. The molecule has 1 aromatic heterocycles. The van der Waals surface area contributed by atoms with E-state index < -0.39 is 0 Å². The Kier molecular flexibility index (Phi) is 4.29. The van der Waals surface area contributed by atoms with E-state index in [2.05, 4.69) is 25.9 Å². The van der Waals surface area contributed by atoms with Gasteiger partial charge in [-0.1, -0.05) is 52.0 Å². The van der Waals surface area contributed by atoms with E-state index in [0.29, 0.717) is 21.9 Å². The fourth-order valence-corrected chi connectivity index (χ4v) is 3.41. The van der Waals surface area contributed by atoms with Gasteiger partial charge in [0.2, 0.25) is 0 Å². The Morgan fingerprint density at radius 2 is 1.80 bits per heavy atom. The van der Waals surface area contributed by atoms with Crippen LogP contribution in [-0.2, 0) is 0 Å². The van der Waals surface area contributed by atoms with Crippen LogP contribution in [0, 0.1) is 0 Å². The molecule has 0 aliphatic heterocycles. The summed E-state index contributed by atoms with van der Waals surface area (Å²) in [6, 6.07) is 7.54. The van der Waals surface area contributed by atoms with Crippen molar-refractivity contribution in [2.75, 3.05) is 0 Å². The van der Waals surface area contributed by atoms with Gasteiger partial charge in [0.15, 0.2) is 5.82 Å². The zero-order valence-electron chi connectivity index (χ0n) is 10.7. The second-order valence-corrected chi connectivity index (χ2v) is 6.75. The van der Waals surface area contributed by atoms with E-state index in [9.17, 15) is 0 Å². The zero-order chi connectivity index (χ0) is 14.1. The Morgan fingerprint density at radius 1 is 1.05 bits per heavy atom. The molecule has 1 aliphatic rings. The summed E-state index contributed by atoms with van der Waals surface area (Å²) < 4.78 is 0.947. The highest BCUT2D eigenvalue weighted by Gasteiger charge is 2.20. The minimum absolute atomic E-state index is 0.480. The van der Waals surface area contributed by atoms with E-state index in [1.807, 2.05) is 24.3 Å². The summed E-state index contributed by atoms with van der Waals surface area (Å²) in [5.74, 6) is 1.10. The number of nitrogens with zero attached hydrogens (tertiary/aromatic N) is 2. The summed E-state index contributed by atoms with van der Waals surface area (Å²) in [4.78, 5) is 9.01. The number of hydrogen-bond acceptors (Lipinski definition) is 2. The Labute approximate surface area is 136 Å². The van der Waals surface area contributed by atoms with Crippen LogP contribution in [0.25, 0.3) is 11.4 Å². The van der Waals surface area contributed by atoms with Crippen LogP contribution >= 0.6 is 39.1 Å². The topological polar surface area (TPSA) is 25.8 Å². The molecule has 0 saturated heterocycles. The average molecular weight is 372 g/mol. The highest BCUT2D eigenvalue weighted by Crippen LogP contribution is 2.36. The number of aromatic nitrogens is 2. The Morgan fingerprint density at radius 3 is 2.55 bits per heavy atom. The molecule has 1 heterocycles. The quantitative estimate of drug-likeness (QED) is 0.617. The van der Waals surface area contributed by atoms with E-state index >= 15 is 0 Å². The van der Waals surface area contributed by atoms with Gasteiger partial charge in [-0.3, -0.25) is 0 Å². The van der Waals surface area contributed by atoms with E-state index in [1.54, 1.807) is 0 Å². The summed E-state index contributed by atoms with van der Waals surface area (Å²) in [5, 5.41) is 1.11. The van der Waals surface area contributed by atoms with Gasteiger partial charge < -0.3 is 0 Å². The molecule has 104 valence electrons. The first-order valence-electron chi connectivity index (χ1n) is 6.63. The largest absolute Gasteiger partial charge is 0.233 e. The lowest BCUT2D eigenvalue weighted by Crippen LogP contribution is -2.00. The van der Waals surface area contributed by atoms with Crippen LogP contribution in [0.2, 0.25) is 10.2 Å². The van der Waals surface area contributed by atoms with Crippen molar-refractivity contribution in [2.45, 2.75) is 31.6 Å². The molecule has 5 heteroatoms. The van der Waals surface area contributed by atoms with Crippen molar-refractivity contribution in [1.82, 2.24) is 9.97 Å². The molecule has 1 fully saturated rings. The minimum Gasteiger partial charge on any atom is -0.233 e. The predicted molar refractivity (Wildman–Crippen MR) is 86.4 cm³/mol. The molecule has 0 N–H and O–H groups in total. The number of benzene rings is 1. The first kappa shape index (κ1) is 14.3. The molecule has 2 nitrogen and oxygen atoms in total. The van der Waals surface area contributed by atoms with Crippen molar-refractivity contribution in [3.05, 3.63) is 44.6 Å². The third-order valence-corrected chi connectivity index (χ3v) is 4.67. The van der Waals surface area contributed by atoms with Crippen LogP contribution in [0.15, 0.2) is 28.7 Å². The molecule has 0 radical (unpaired) electrons. The van der Waals surface area contributed by atoms with Crippen LogP contribution in [0.3, 0.4) is 0 Å². The van der Waals surface area contributed by atoms with Gasteiger partial charge in [0.1, 0.15) is 5.15 Å². The molecule has 0 amide bonds. The summed E-state index contributed by atoms with van der Waals surface area (Å²) in [6.07, 6.45) is 4.89. The van der Waals surface area contributed by atoms with Crippen molar-refractivity contribution >= 4 is 39.1 Å². The van der Waals surface area contributed by atoms with Gasteiger partial charge in [-0.2, -0.15) is 0 Å². The van der Waals surface area contributed by atoms with E-state index in [-0.39, 0.29) is 0 Å². The Hall–Kier alpha value is -0.640. The lowest BCUT2D eigenvalue weighted by atomic mass is 10.0. The summed E-state index contributed by atoms with van der Waals surface area (Å²) in [6.45, 7) is 0. The second kappa shape index (κ2) is 6.00. The van der Waals surface area contributed by atoms with E-state index in [0.717, 1.165) is 15.7 Å². The SMILES string of the molecule is Clc1cc(C2CCCC2)nc(-c2cc(Br)ccc2Cl)n1. The van der Waals surface area contributed by atoms with Gasteiger partial charge in [-0.25, -0.2) is 9.97 Å². The highest BCUT2D eigenvalue weighted by molar-refractivity contribution is 9.10. The molecule has 0 atom stereocenters. The normalized spacial score (nSPS) is 15.8.